The van der Waals surface area contributed by atoms with Crippen LogP contribution in [0.25, 0.3) is 0 Å². The van der Waals surface area contributed by atoms with E-state index < -0.39 is 5.97 Å². The van der Waals surface area contributed by atoms with E-state index in [9.17, 15) is 4.79 Å². The molecule has 0 spiro atoms. The average Bonchev–Trinajstić information content (AvgIpc) is 3.02. The van der Waals surface area contributed by atoms with E-state index in [1.165, 1.54) is 24.0 Å². The topological polar surface area (TPSA) is 62.5 Å². The molecule has 0 saturated heterocycles. The predicted octanol–water partition coefficient (Wildman–Crippen LogP) is 3.39. The van der Waals surface area contributed by atoms with Crippen molar-refractivity contribution in [3.8, 4) is 0 Å². The van der Waals surface area contributed by atoms with E-state index in [4.69, 9.17) is 9.52 Å². The lowest BCUT2D eigenvalue weighted by Gasteiger charge is -2.07. The summed E-state index contributed by atoms with van der Waals surface area (Å²) in [5.41, 5.74) is 4.82. The third kappa shape index (κ3) is 2.41. The summed E-state index contributed by atoms with van der Waals surface area (Å²) in [5.74, 6) is -0.388. The Kier molecular flexibility index (Phi) is 3.22. The van der Waals surface area contributed by atoms with Gasteiger partial charge in [0, 0.05) is 17.8 Å². The molecule has 2 aromatic rings. The monoisotopic (exact) mass is 271 g/mol. The molecule has 0 radical (unpaired) electrons. The number of rotatable bonds is 4. The number of benzene rings is 1. The lowest BCUT2D eigenvalue weighted by Crippen LogP contribution is -2.00. The van der Waals surface area contributed by atoms with E-state index in [0.29, 0.717) is 12.3 Å². The molecular formula is C16H17NO3. The van der Waals surface area contributed by atoms with E-state index in [0.717, 1.165) is 17.7 Å². The normalized spacial score (nSPS) is 13.2. The van der Waals surface area contributed by atoms with Crippen molar-refractivity contribution in [3.05, 3.63) is 52.5 Å². The van der Waals surface area contributed by atoms with Gasteiger partial charge in [0.1, 0.15) is 5.76 Å². The quantitative estimate of drug-likeness (QED) is 0.894. The van der Waals surface area contributed by atoms with Crippen molar-refractivity contribution in [2.75, 3.05) is 5.32 Å². The van der Waals surface area contributed by atoms with Crippen LogP contribution in [-0.2, 0) is 19.4 Å². The molecule has 1 aromatic heterocycles. The van der Waals surface area contributed by atoms with Crippen molar-refractivity contribution in [2.45, 2.75) is 32.7 Å². The van der Waals surface area contributed by atoms with Crippen LogP contribution < -0.4 is 5.32 Å². The van der Waals surface area contributed by atoms with E-state index in [2.05, 4.69) is 23.5 Å². The SMILES string of the molecule is Cc1oc(C(=O)O)cc1CNc1ccc2c(c1)CCC2. The van der Waals surface area contributed by atoms with Crippen LogP contribution in [0.3, 0.4) is 0 Å². The summed E-state index contributed by atoms with van der Waals surface area (Å²) in [4.78, 5) is 10.9. The van der Waals surface area contributed by atoms with Gasteiger partial charge in [-0.1, -0.05) is 6.07 Å². The summed E-state index contributed by atoms with van der Waals surface area (Å²) in [6.45, 7) is 2.35. The van der Waals surface area contributed by atoms with Crippen molar-refractivity contribution in [3.63, 3.8) is 0 Å². The molecule has 1 aromatic carbocycles. The maximum absolute atomic E-state index is 10.9. The third-order valence-electron chi connectivity index (χ3n) is 3.81. The minimum Gasteiger partial charge on any atom is -0.475 e. The zero-order valence-electron chi connectivity index (χ0n) is 11.4. The first-order chi connectivity index (χ1) is 9.63. The first-order valence-electron chi connectivity index (χ1n) is 6.82. The van der Waals surface area contributed by atoms with E-state index >= 15 is 0 Å². The van der Waals surface area contributed by atoms with Crippen LogP contribution in [0.1, 0.15) is 39.4 Å². The first kappa shape index (κ1) is 12.8. The minimum absolute atomic E-state index is 0.00625. The second kappa shape index (κ2) is 5.04. The van der Waals surface area contributed by atoms with E-state index in [1.807, 2.05) is 0 Å². The van der Waals surface area contributed by atoms with Crippen LogP contribution >= 0.6 is 0 Å². The summed E-state index contributed by atoms with van der Waals surface area (Å²) in [7, 11) is 0. The molecular weight excluding hydrogens is 254 g/mol. The fraction of sp³-hybridized carbons (Fsp3) is 0.312. The molecule has 2 N–H and O–H groups in total. The van der Waals surface area contributed by atoms with Crippen LogP contribution in [0.2, 0.25) is 0 Å². The van der Waals surface area contributed by atoms with Gasteiger partial charge in [0.2, 0.25) is 5.76 Å². The number of anilines is 1. The Morgan fingerprint density at radius 2 is 2.10 bits per heavy atom. The van der Waals surface area contributed by atoms with E-state index in [-0.39, 0.29) is 5.76 Å². The number of furan rings is 1. The fourth-order valence-corrected chi connectivity index (χ4v) is 2.68. The molecule has 0 saturated carbocycles. The maximum atomic E-state index is 10.9. The lowest BCUT2D eigenvalue weighted by molar-refractivity contribution is 0.0661. The Labute approximate surface area is 117 Å². The molecule has 4 heteroatoms. The van der Waals surface area contributed by atoms with Crippen LogP contribution in [0.4, 0.5) is 5.69 Å². The van der Waals surface area contributed by atoms with Crippen molar-refractivity contribution in [2.24, 2.45) is 0 Å². The number of fused-ring (bicyclic) bond motifs is 1. The number of carboxylic acid groups (broad SMARTS) is 1. The van der Waals surface area contributed by atoms with Crippen LogP contribution in [0.5, 0.6) is 0 Å². The molecule has 3 rings (SSSR count). The molecule has 104 valence electrons. The zero-order chi connectivity index (χ0) is 14.1. The molecule has 0 bridgehead atoms. The molecule has 1 heterocycles. The Morgan fingerprint density at radius 3 is 2.85 bits per heavy atom. The van der Waals surface area contributed by atoms with Gasteiger partial charge in [-0.3, -0.25) is 0 Å². The Hall–Kier alpha value is -2.23. The van der Waals surface area contributed by atoms with Gasteiger partial charge in [-0.25, -0.2) is 4.79 Å². The molecule has 1 aliphatic carbocycles. The molecule has 0 aliphatic heterocycles. The van der Waals surface area contributed by atoms with Crippen molar-refractivity contribution < 1.29 is 14.3 Å². The highest BCUT2D eigenvalue weighted by Gasteiger charge is 2.14. The summed E-state index contributed by atoms with van der Waals surface area (Å²) < 4.78 is 5.20. The number of carboxylic acids is 1. The van der Waals surface area contributed by atoms with Crippen molar-refractivity contribution in [1.82, 2.24) is 0 Å². The number of hydrogen-bond donors (Lipinski definition) is 2. The average molecular weight is 271 g/mol. The predicted molar refractivity (Wildman–Crippen MR) is 76.2 cm³/mol. The Balaban J connectivity index is 1.72. The summed E-state index contributed by atoms with van der Waals surface area (Å²) in [6.07, 6.45) is 3.57. The van der Waals surface area contributed by atoms with Gasteiger partial charge in [-0.2, -0.15) is 0 Å². The van der Waals surface area contributed by atoms with Gasteiger partial charge in [0.05, 0.1) is 0 Å². The molecule has 0 atom stereocenters. The van der Waals surface area contributed by atoms with Crippen molar-refractivity contribution in [1.29, 1.82) is 0 Å². The summed E-state index contributed by atoms with van der Waals surface area (Å²) >= 11 is 0. The van der Waals surface area contributed by atoms with E-state index in [1.54, 1.807) is 13.0 Å². The first-order valence-corrected chi connectivity index (χ1v) is 6.82. The van der Waals surface area contributed by atoms with Crippen molar-refractivity contribution >= 4 is 11.7 Å². The number of carbonyl (C=O) groups is 1. The highest BCUT2D eigenvalue weighted by atomic mass is 16.4. The lowest BCUT2D eigenvalue weighted by atomic mass is 10.1. The highest BCUT2D eigenvalue weighted by Crippen LogP contribution is 2.25. The molecule has 0 fully saturated rings. The van der Waals surface area contributed by atoms with Crippen LogP contribution in [0, 0.1) is 6.92 Å². The Morgan fingerprint density at radius 1 is 1.30 bits per heavy atom. The van der Waals surface area contributed by atoms with Gasteiger partial charge in [0.25, 0.3) is 0 Å². The van der Waals surface area contributed by atoms with Gasteiger partial charge in [0.15, 0.2) is 0 Å². The molecule has 4 nitrogen and oxygen atoms in total. The third-order valence-corrected chi connectivity index (χ3v) is 3.81. The highest BCUT2D eigenvalue weighted by molar-refractivity contribution is 5.84. The second-order valence-electron chi connectivity index (χ2n) is 5.19. The maximum Gasteiger partial charge on any atom is 0.371 e. The van der Waals surface area contributed by atoms with Gasteiger partial charge < -0.3 is 14.8 Å². The zero-order valence-corrected chi connectivity index (χ0v) is 11.4. The smallest absolute Gasteiger partial charge is 0.371 e. The van der Waals surface area contributed by atoms with Crippen LogP contribution in [-0.4, -0.2) is 11.1 Å². The van der Waals surface area contributed by atoms with Gasteiger partial charge >= 0.3 is 5.97 Å². The van der Waals surface area contributed by atoms with Gasteiger partial charge in [-0.05, 0) is 55.5 Å². The molecule has 20 heavy (non-hydrogen) atoms. The molecule has 0 unspecified atom stereocenters. The van der Waals surface area contributed by atoms with Gasteiger partial charge in [-0.15, -0.1) is 0 Å². The standard InChI is InChI=1S/C16H17NO3/c1-10-13(8-15(20-10)16(18)19)9-17-14-6-5-11-3-2-4-12(11)7-14/h5-8,17H,2-4,9H2,1H3,(H,18,19). The number of aromatic carboxylic acids is 1. The second-order valence-corrected chi connectivity index (χ2v) is 5.19. The summed E-state index contributed by atoms with van der Waals surface area (Å²) in [6, 6.07) is 8.03. The fourth-order valence-electron chi connectivity index (χ4n) is 2.68. The molecule has 1 aliphatic rings. The van der Waals surface area contributed by atoms with Crippen LogP contribution in [0.15, 0.2) is 28.7 Å². The molecule has 0 amide bonds. The Bertz CT molecular complexity index is 658. The number of aryl methyl sites for hydroxylation is 3. The number of hydrogen-bond acceptors (Lipinski definition) is 3. The largest absolute Gasteiger partial charge is 0.475 e. The summed E-state index contributed by atoms with van der Waals surface area (Å²) in [5, 5.41) is 12.2. The number of nitrogens with one attached hydrogen (secondary N) is 1. The minimum atomic E-state index is -1.03.